The van der Waals surface area contributed by atoms with Crippen LogP contribution in [0.25, 0.3) is 10.8 Å². The van der Waals surface area contributed by atoms with Crippen molar-refractivity contribution in [2.24, 2.45) is 0 Å². The lowest BCUT2D eigenvalue weighted by molar-refractivity contribution is -0.143. The average molecular weight is 345 g/mol. The van der Waals surface area contributed by atoms with Crippen LogP contribution < -0.4 is 4.90 Å². The second-order valence-electron chi connectivity index (χ2n) is 6.04. The Morgan fingerprint density at radius 3 is 2.50 bits per heavy atom. The summed E-state index contributed by atoms with van der Waals surface area (Å²) in [6.45, 7) is -0.176. The third-order valence-corrected chi connectivity index (χ3v) is 4.43. The van der Waals surface area contributed by atoms with E-state index in [1.165, 1.54) is 4.90 Å². The second kappa shape index (κ2) is 6.44. The Kier molecular flexibility index (Phi) is 3.97. The Balaban J connectivity index is 1.48. The second-order valence-corrected chi connectivity index (χ2v) is 6.04. The first-order valence-corrected chi connectivity index (χ1v) is 8.22. The predicted molar refractivity (Wildman–Crippen MR) is 96.9 cm³/mol. The molecule has 0 atom stereocenters. The highest BCUT2D eigenvalue weighted by Crippen LogP contribution is 2.28. The number of benzene rings is 3. The highest BCUT2D eigenvalue weighted by molar-refractivity contribution is 6.52. The number of Topliss-reactive ketones (excluding diaryl/α,β-unsaturated/α-hetero) is 1. The number of hydrogen-bond acceptors (Lipinski definition) is 4. The van der Waals surface area contributed by atoms with Crippen molar-refractivity contribution in [3.8, 4) is 0 Å². The van der Waals surface area contributed by atoms with E-state index in [9.17, 15) is 14.4 Å². The van der Waals surface area contributed by atoms with Crippen LogP contribution in [0.1, 0.15) is 15.9 Å². The zero-order valence-corrected chi connectivity index (χ0v) is 13.8. The van der Waals surface area contributed by atoms with Gasteiger partial charge in [0.1, 0.15) is 13.2 Å². The van der Waals surface area contributed by atoms with E-state index in [2.05, 4.69) is 0 Å². The van der Waals surface area contributed by atoms with E-state index in [1.807, 2.05) is 42.5 Å². The van der Waals surface area contributed by atoms with Crippen LogP contribution >= 0.6 is 0 Å². The SMILES string of the molecule is O=C(CN1C(=O)C(=O)c2ccccc21)OCc1cccc2ccccc12. The molecule has 3 aromatic rings. The van der Waals surface area contributed by atoms with Crippen LogP contribution in [0.5, 0.6) is 0 Å². The van der Waals surface area contributed by atoms with E-state index < -0.39 is 17.7 Å². The minimum Gasteiger partial charge on any atom is -0.459 e. The number of nitrogens with zero attached hydrogens (tertiary/aromatic N) is 1. The summed E-state index contributed by atoms with van der Waals surface area (Å²) in [6, 6.07) is 20.3. The number of carbonyl (C=O) groups is 3. The Morgan fingerprint density at radius 2 is 1.62 bits per heavy atom. The number of esters is 1. The largest absolute Gasteiger partial charge is 0.459 e. The van der Waals surface area contributed by atoms with E-state index in [1.54, 1.807) is 24.3 Å². The zero-order valence-electron chi connectivity index (χ0n) is 13.8. The summed E-state index contributed by atoms with van der Waals surface area (Å²) >= 11 is 0. The fourth-order valence-corrected chi connectivity index (χ4v) is 3.16. The predicted octanol–water partition coefficient (Wildman–Crippen LogP) is 3.11. The molecule has 5 heteroatoms. The molecule has 0 unspecified atom stereocenters. The van der Waals surface area contributed by atoms with Crippen molar-refractivity contribution in [3.63, 3.8) is 0 Å². The number of amides is 1. The third-order valence-electron chi connectivity index (χ3n) is 4.43. The Morgan fingerprint density at radius 1 is 0.885 bits per heavy atom. The highest BCUT2D eigenvalue weighted by atomic mass is 16.5. The maximum Gasteiger partial charge on any atom is 0.326 e. The molecule has 0 saturated heterocycles. The van der Waals surface area contributed by atoms with E-state index >= 15 is 0 Å². The molecule has 0 bridgehead atoms. The standard InChI is InChI=1S/C21H15NO4/c23-19(12-22-18-11-4-3-10-17(18)20(24)21(22)25)26-13-15-8-5-7-14-6-1-2-9-16(14)15/h1-11H,12-13H2. The third kappa shape index (κ3) is 2.73. The first-order valence-electron chi connectivity index (χ1n) is 8.22. The van der Waals surface area contributed by atoms with Gasteiger partial charge in [-0.05, 0) is 28.5 Å². The number of carbonyl (C=O) groups excluding carboxylic acids is 3. The number of hydrogen-bond donors (Lipinski definition) is 0. The minimum absolute atomic E-state index is 0.109. The van der Waals surface area contributed by atoms with Gasteiger partial charge >= 0.3 is 5.97 Å². The molecule has 1 aliphatic heterocycles. The lowest BCUT2D eigenvalue weighted by Crippen LogP contribution is -2.35. The fourth-order valence-electron chi connectivity index (χ4n) is 3.16. The van der Waals surface area contributed by atoms with Crippen molar-refractivity contribution < 1.29 is 19.1 Å². The first kappa shape index (κ1) is 16.0. The molecule has 0 saturated carbocycles. The molecule has 0 aliphatic carbocycles. The number of anilines is 1. The van der Waals surface area contributed by atoms with Crippen molar-refractivity contribution in [1.29, 1.82) is 0 Å². The molecule has 0 aromatic heterocycles. The molecular formula is C21H15NO4. The monoisotopic (exact) mass is 345 g/mol. The number of rotatable bonds is 4. The van der Waals surface area contributed by atoms with E-state index in [0.717, 1.165) is 16.3 Å². The highest BCUT2D eigenvalue weighted by Gasteiger charge is 2.36. The van der Waals surface area contributed by atoms with Gasteiger partial charge in [0.05, 0.1) is 11.3 Å². The topological polar surface area (TPSA) is 63.7 Å². The van der Waals surface area contributed by atoms with Crippen LogP contribution in [-0.4, -0.2) is 24.2 Å². The maximum absolute atomic E-state index is 12.2. The summed E-state index contributed by atoms with van der Waals surface area (Å²) in [4.78, 5) is 37.5. The molecule has 1 amide bonds. The zero-order chi connectivity index (χ0) is 18.1. The molecule has 0 radical (unpaired) electrons. The molecule has 3 aromatic carbocycles. The summed E-state index contributed by atoms with van der Waals surface area (Å²) in [5, 5.41) is 2.08. The molecular weight excluding hydrogens is 330 g/mol. The molecule has 5 nitrogen and oxygen atoms in total. The van der Waals surface area contributed by atoms with Gasteiger partial charge in [0, 0.05) is 0 Å². The van der Waals surface area contributed by atoms with Crippen molar-refractivity contribution >= 4 is 34.1 Å². The smallest absolute Gasteiger partial charge is 0.326 e. The van der Waals surface area contributed by atoms with Crippen LogP contribution in [0.2, 0.25) is 0 Å². The lowest BCUT2D eigenvalue weighted by atomic mass is 10.1. The van der Waals surface area contributed by atoms with E-state index in [4.69, 9.17) is 4.74 Å². The van der Waals surface area contributed by atoms with Gasteiger partial charge in [-0.2, -0.15) is 0 Å². The van der Waals surface area contributed by atoms with Gasteiger partial charge in [-0.15, -0.1) is 0 Å². The Hall–Kier alpha value is -3.47. The van der Waals surface area contributed by atoms with Gasteiger partial charge in [-0.25, -0.2) is 0 Å². The van der Waals surface area contributed by atoms with Crippen LogP contribution in [0, 0.1) is 0 Å². The van der Waals surface area contributed by atoms with Crippen molar-refractivity contribution in [2.45, 2.75) is 6.61 Å². The molecule has 0 N–H and O–H groups in total. The molecule has 128 valence electrons. The quantitative estimate of drug-likeness (QED) is 0.538. The van der Waals surface area contributed by atoms with Crippen molar-refractivity contribution in [1.82, 2.24) is 0 Å². The normalized spacial score (nSPS) is 13.2. The van der Waals surface area contributed by atoms with E-state index in [-0.39, 0.29) is 13.2 Å². The van der Waals surface area contributed by atoms with Gasteiger partial charge in [0.15, 0.2) is 0 Å². The molecule has 1 aliphatic rings. The van der Waals surface area contributed by atoms with Crippen LogP contribution in [0.4, 0.5) is 5.69 Å². The molecule has 4 rings (SSSR count). The van der Waals surface area contributed by atoms with Gasteiger partial charge < -0.3 is 4.74 Å². The van der Waals surface area contributed by atoms with Gasteiger partial charge in [0.25, 0.3) is 11.7 Å². The summed E-state index contributed by atoms with van der Waals surface area (Å²) in [5.41, 5.74) is 1.66. The molecule has 0 spiro atoms. The van der Waals surface area contributed by atoms with Crippen LogP contribution in [-0.2, 0) is 20.9 Å². The van der Waals surface area contributed by atoms with Gasteiger partial charge in [-0.3, -0.25) is 19.3 Å². The van der Waals surface area contributed by atoms with Crippen molar-refractivity contribution in [3.05, 3.63) is 77.9 Å². The fraction of sp³-hybridized carbons (Fsp3) is 0.0952. The average Bonchev–Trinajstić information content (AvgIpc) is 2.91. The summed E-state index contributed by atoms with van der Waals surface area (Å²) in [5.74, 6) is -1.86. The number of ketones is 1. The van der Waals surface area contributed by atoms with Crippen molar-refractivity contribution in [2.75, 3.05) is 11.4 Å². The molecule has 1 heterocycles. The van der Waals surface area contributed by atoms with Gasteiger partial charge in [0.2, 0.25) is 0 Å². The van der Waals surface area contributed by atoms with Gasteiger partial charge in [-0.1, -0.05) is 54.6 Å². The summed E-state index contributed by atoms with van der Waals surface area (Å²) < 4.78 is 5.35. The lowest BCUT2D eigenvalue weighted by Gasteiger charge is -2.15. The van der Waals surface area contributed by atoms with E-state index in [0.29, 0.717) is 11.3 Å². The minimum atomic E-state index is -0.701. The Bertz CT molecular complexity index is 1040. The number of fused-ring (bicyclic) bond motifs is 2. The molecule has 26 heavy (non-hydrogen) atoms. The van der Waals surface area contributed by atoms with Crippen LogP contribution in [0.3, 0.4) is 0 Å². The first-order chi connectivity index (χ1) is 12.6. The molecule has 0 fully saturated rings. The number of para-hydroxylation sites is 1. The maximum atomic E-state index is 12.2. The summed E-state index contributed by atoms with van der Waals surface area (Å²) in [6.07, 6.45) is 0. The van der Waals surface area contributed by atoms with Crippen LogP contribution in [0.15, 0.2) is 66.7 Å². The Labute approximate surface area is 149 Å². The summed E-state index contributed by atoms with van der Waals surface area (Å²) in [7, 11) is 0. The number of ether oxygens (including phenoxy) is 1.